The van der Waals surface area contributed by atoms with E-state index in [1.807, 2.05) is 25.4 Å². The van der Waals surface area contributed by atoms with Gasteiger partial charge in [0.05, 0.1) is 19.4 Å². The molecule has 180 valence electrons. The highest BCUT2D eigenvalue weighted by Crippen LogP contribution is 2.33. The molecule has 4 aromatic rings. The highest BCUT2D eigenvalue weighted by Gasteiger charge is 2.22. The first-order valence-electron chi connectivity index (χ1n) is 12.1. The predicted octanol–water partition coefficient (Wildman–Crippen LogP) is 5.98. The van der Waals surface area contributed by atoms with Crippen LogP contribution in [0.2, 0.25) is 0 Å². The summed E-state index contributed by atoms with van der Waals surface area (Å²) in [4.78, 5) is 12.0. The molecule has 1 aromatic carbocycles. The van der Waals surface area contributed by atoms with Gasteiger partial charge in [0, 0.05) is 30.9 Å². The second kappa shape index (κ2) is 9.88. The van der Waals surface area contributed by atoms with Crippen LogP contribution in [-0.4, -0.2) is 46.1 Å². The normalized spacial score (nSPS) is 14.6. The van der Waals surface area contributed by atoms with Crippen LogP contribution in [-0.2, 0) is 4.74 Å². The van der Waals surface area contributed by atoms with E-state index in [9.17, 15) is 0 Å². The average Bonchev–Trinajstić information content (AvgIpc) is 3.51. The lowest BCUT2D eigenvalue weighted by atomic mass is 10.1. The Labute approximate surface area is 205 Å². The second-order valence-corrected chi connectivity index (χ2v) is 9.08. The van der Waals surface area contributed by atoms with E-state index in [0.717, 1.165) is 65.3 Å². The molecule has 4 heterocycles. The van der Waals surface area contributed by atoms with Crippen molar-refractivity contribution in [1.82, 2.24) is 19.7 Å². The maximum atomic E-state index is 6.40. The number of hydrogen-bond donors (Lipinski definition) is 0. The Morgan fingerprint density at radius 1 is 1.14 bits per heavy atom. The van der Waals surface area contributed by atoms with E-state index in [1.54, 1.807) is 4.68 Å². The number of benzene rings is 1. The zero-order valence-electron chi connectivity index (χ0n) is 20.6. The number of nitrogens with zero attached hydrogens (tertiary/aromatic N) is 5. The summed E-state index contributed by atoms with van der Waals surface area (Å²) in [7, 11) is 0. The Kier molecular flexibility index (Phi) is 6.51. The summed E-state index contributed by atoms with van der Waals surface area (Å²) in [5, 5.41) is 4.59. The smallest absolute Gasteiger partial charge is 0.253 e. The summed E-state index contributed by atoms with van der Waals surface area (Å²) < 4.78 is 13.7. The fourth-order valence-electron chi connectivity index (χ4n) is 4.39. The van der Waals surface area contributed by atoms with Crippen LogP contribution in [0, 0.1) is 6.92 Å². The van der Waals surface area contributed by atoms with E-state index in [0.29, 0.717) is 24.7 Å². The van der Waals surface area contributed by atoms with Gasteiger partial charge in [0.15, 0.2) is 11.4 Å². The summed E-state index contributed by atoms with van der Waals surface area (Å²) in [6.07, 6.45) is 7.83. The summed E-state index contributed by atoms with van der Waals surface area (Å²) in [6.45, 7) is 13.1. The lowest BCUT2D eigenvalue weighted by Gasteiger charge is -2.27. The van der Waals surface area contributed by atoms with E-state index in [-0.39, 0.29) is 0 Å². The third-order valence-electron chi connectivity index (χ3n) is 6.05. The second-order valence-electron chi connectivity index (χ2n) is 9.08. The fourth-order valence-corrected chi connectivity index (χ4v) is 4.39. The summed E-state index contributed by atoms with van der Waals surface area (Å²) in [5.74, 6) is 2.11. The first kappa shape index (κ1) is 23.1. The van der Waals surface area contributed by atoms with Crippen LogP contribution in [0.1, 0.15) is 38.0 Å². The van der Waals surface area contributed by atoms with Gasteiger partial charge in [0.25, 0.3) is 5.95 Å². The van der Waals surface area contributed by atoms with Gasteiger partial charge in [-0.25, -0.2) is 9.67 Å². The molecule has 1 fully saturated rings. The van der Waals surface area contributed by atoms with Crippen LogP contribution < -0.4 is 4.90 Å². The first-order valence-corrected chi connectivity index (χ1v) is 12.1. The van der Waals surface area contributed by atoms with Crippen LogP contribution in [0.3, 0.4) is 0 Å². The Balaban J connectivity index is 1.62. The molecule has 7 heteroatoms. The van der Waals surface area contributed by atoms with Gasteiger partial charge in [-0.15, -0.1) is 0 Å². The molecule has 35 heavy (non-hydrogen) atoms. The zero-order valence-corrected chi connectivity index (χ0v) is 20.6. The van der Waals surface area contributed by atoms with Gasteiger partial charge in [0.1, 0.15) is 11.3 Å². The molecule has 0 aliphatic carbocycles. The van der Waals surface area contributed by atoms with Crippen molar-refractivity contribution >= 4 is 22.5 Å². The minimum Gasteiger partial charge on any atom is -0.451 e. The summed E-state index contributed by atoms with van der Waals surface area (Å²) in [6, 6.07) is 10.4. The quantitative estimate of drug-likeness (QED) is 0.310. The van der Waals surface area contributed by atoms with E-state index >= 15 is 0 Å². The molecule has 0 amide bonds. The molecular formula is C28H31N5O2. The topological polar surface area (TPSA) is 69.2 Å². The monoisotopic (exact) mass is 469 g/mol. The van der Waals surface area contributed by atoms with E-state index in [2.05, 4.69) is 60.8 Å². The maximum absolute atomic E-state index is 6.40. The predicted molar refractivity (Wildman–Crippen MR) is 140 cm³/mol. The summed E-state index contributed by atoms with van der Waals surface area (Å²) in [5.41, 5.74) is 6.92. The molecule has 0 bridgehead atoms. The fraction of sp³-hybridized carbons (Fsp3) is 0.321. The van der Waals surface area contributed by atoms with Crippen LogP contribution in [0.25, 0.3) is 33.7 Å². The third kappa shape index (κ3) is 4.91. The van der Waals surface area contributed by atoms with Gasteiger partial charge < -0.3 is 14.1 Å². The van der Waals surface area contributed by atoms with Crippen molar-refractivity contribution in [1.29, 1.82) is 0 Å². The number of anilines is 1. The summed E-state index contributed by atoms with van der Waals surface area (Å²) >= 11 is 0. The number of aromatic nitrogens is 4. The zero-order chi connectivity index (χ0) is 24.4. The standard InChI is InChI=1S/C28H31N5O2/c1-5-7-22(14-19(2)3)25-16-24-26(35-25)27(32-10-12-34-13-11-32)31-28(30-24)33-18-23(17-29-33)21-9-6-8-20(4)15-21/h6,8-9,14-18H,2,5,7,10-13H2,1,3-4H3/b22-14+. The van der Waals surface area contributed by atoms with Crippen LogP contribution in [0.15, 0.2) is 65.4 Å². The van der Waals surface area contributed by atoms with Crippen molar-refractivity contribution < 1.29 is 9.15 Å². The number of furan rings is 1. The molecule has 0 atom stereocenters. The lowest BCUT2D eigenvalue weighted by molar-refractivity contribution is 0.122. The number of ether oxygens (including phenoxy) is 1. The van der Waals surface area contributed by atoms with Gasteiger partial charge in [-0.05, 0) is 31.4 Å². The molecule has 5 rings (SSSR count). The molecule has 0 radical (unpaired) electrons. The molecule has 0 N–H and O–H groups in total. The highest BCUT2D eigenvalue weighted by molar-refractivity contribution is 5.88. The minimum atomic E-state index is 0.520. The van der Waals surface area contributed by atoms with Crippen molar-refractivity contribution in [2.75, 3.05) is 31.2 Å². The lowest BCUT2D eigenvalue weighted by Crippen LogP contribution is -2.37. The first-order chi connectivity index (χ1) is 17.0. The van der Waals surface area contributed by atoms with Crippen molar-refractivity contribution in [3.05, 3.63) is 72.3 Å². The van der Waals surface area contributed by atoms with E-state index < -0.39 is 0 Å². The molecule has 1 aliphatic heterocycles. The molecule has 1 saturated heterocycles. The Morgan fingerprint density at radius 3 is 2.71 bits per heavy atom. The van der Waals surface area contributed by atoms with Crippen molar-refractivity contribution in [2.24, 2.45) is 0 Å². The van der Waals surface area contributed by atoms with Gasteiger partial charge in [-0.2, -0.15) is 10.1 Å². The SMILES string of the molecule is C=C(C)/C=C(\CCC)c1cc2nc(-n3cc(-c4cccc(C)c4)cn3)nc(N3CCOCC3)c2o1. The van der Waals surface area contributed by atoms with Gasteiger partial charge in [0.2, 0.25) is 0 Å². The van der Waals surface area contributed by atoms with Crippen molar-refractivity contribution in [3.8, 4) is 17.1 Å². The van der Waals surface area contributed by atoms with Crippen molar-refractivity contribution in [2.45, 2.75) is 33.6 Å². The van der Waals surface area contributed by atoms with Crippen LogP contribution >= 0.6 is 0 Å². The molecule has 0 saturated carbocycles. The van der Waals surface area contributed by atoms with Crippen LogP contribution in [0.4, 0.5) is 5.82 Å². The molecular weight excluding hydrogens is 438 g/mol. The van der Waals surface area contributed by atoms with Gasteiger partial charge >= 0.3 is 0 Å². The largest absolute Gasteiger partial charge is 0.451 e. The molecule has 1 aliphatic rings. The van der Waals surface area contributed by atoms with Gasteiger partial charge in [-0.3, -0.25) is 0 Å². The maximum Gasteiger partial charge on any atom is 0.253 e. The van der Waals surface area contributed by atoms with Gasteiger partial charge in [-0.1, -0.05) is 61.4 Å². The molecule has 0 unspecified atom stereocenters. The minimum absolute atomic E-state index is 0.520. The molecule has 3 aromatic heterocycles. The number of morpholine rings is 1. The highest BCUT2D eigenvalue weighted by atomic mass is 16.5. The molecule has 7 nitrogen and oxygen atoms in total. The van der Waals surface area contributed by atoms with Crippen LogP contribution in [0.5, 0.6) is 0 Å². The van der Waals surface area contributed by atoms with E-state index in [4.69, 9.17) is 19.1 Å². The number of hydrogen-bond acceptors (Lipinski definition) is 6. The molecule has 0 spiro atoms. The Bertz CT molecular complexity index is 1390. The Morgan fingerprint density at radius 2 is 1.97 bits per heavy atom. The number of rotatable bonds is 7. The third-order valence-corrected chi connectivity index (χ3v) is 6.05. The Hall–Kier alpha value is -3.71. The van der Waals surface area contributed by atoms with E-state index in [1.165, 1.54) is 5.56 Å². The average molecular weight is 470 g/mol. The number of fused-ring (bicyclic) bond motifs is 1. The van der Waals surface area contributed by atoms with Crippen molar-refractivity contribution in [3.63, 3.8) is 0 Å². The number of aryl methyl sites for hydroxylation is 1. The number of allylic oxidation sites excluding steroid dienone is 3.